The van der Waals surface area contributed by atoms with Crippen molar-refractivity contribution in [1.82, 2.24) is 4.90 Å². The molecular weight excluding hydrogens is 290 g/mol. The summed E-state index contributed by atoms with van der Waals surface area (Å²) >= 11 is 1.53. The molecule has 2 unspecified atom stereocenters. The predicted molar refractivity (Wildman–Crippen MR) is 81.1 cm³/mol. The number of aliphatic carboxylic acids is 1. The van der Waals surface area contributed by atoms with Crippen LogP contribution in [0.25, 0.3) is 0 Å². The fraction of sp³-hybridized carbons (Fsp3) is 0.467. The minimum atomic E-state index is -0.957. The molecule has 1 aromatic rings. The van der Waals surface area contributed by atoms with Gasteiger partial charge in [-0.3, -0.25) is 4.79 Å². The molecular formula is C15H19NO4S. The molecule has 2 N–H and O–H groups in total. The lowest BCUT2D eigenvalue weighted by atomic mass is 10.1. The predicted octanol–water partition coefficient (Wildman–Crippen LogP) is 1.95. The van der Waals surface area contributed by atoms with E-state index in [4.69, 9.17) is 5.11 Å². The van der Waals surface area contributed by atoms with Crippen LogP contribution in [0.15, 0.2) is 24.3 Å². The van der Waals surface area contributed by atoms with Gasteiger partial charge in [0.05, 0.1) is 12.0 Å². The van der Waals surface area contributed by atoms with Gasteiger partial charge in [-0.15, -0.1) is 11.8 Å². The Bertz CT molecular complexity index is 517. The van der Waals surface area contributed by atoms with Gasteiger partial charge in [0.2, 0.25) is 0 Å². The molecule has 1 heterocycles. The van der Waals surface area contributed by atoms with Crippen LogP contribution in [0.2, 0.25) is 0 Å². The Hall–Kier alpha value is -1.53. The molecule has 1 fully saturated rings. The molecule has 114 valence electrons. The van der Waals surface area contributed by atoms with E-state index in [1.54, 1.807) is 24.3 Å². The third-order valence-corrected chi connectivity index (χ3v) is 4.89. The number of aliphatic hydroxyl groups is 1. The van der Waals surface area contributed by atoms with Crippen molar-refractivity contribution in [1.29, 1.82) is 0 Å². The van der Waals surface area contributed by atoms with Crippen molar-refractivity contribution >= 4 is 23.6 Å². The van der Waals surface area contributed by atoms with Crippen molar-refractivity contribution in [2.75, 3.05) is 5.75 Å². The molecule has 2 rings (SSSR count). The van der Waals surface area contributed by atoms with E-state index in [1.165, 1.54) is 16.7 Å². The van der Waals surface area contributed by atoms with Gasteiger partial charge in [0.25, 0.3) is 5.91 Å². The molecule has 0 radical (unpaired) electrons. The van der Waals surface area contributed by atoms with Crippen molar-refractivity contribution in [3.05, 3.63) is 35.4 Å². The smallest absolute Gasteiger partial charge is 0.327 e. The molecule has 5 nitrogen and oxygen atoms in total. The lowest BCUT2D eigenvalue weighted by Gasteiger charge is -2.27. The van der Waals surface area contributed by atoms with Crippen molar-refractivity contribution in [3.63, 3.8) is 0 Å². The Balaban J connectivity index is 2.24. The highest BCUT2D eigenvalue weighted by molar-refractivity contribution is 8.00. The van der Waals surface area contributed by atoms with E-state index in [0.29, 0.717) is 11.3 Å². The third-order valence-electron chi connectivity index (χ3n) is 3.53. The first kappa shape index (κ1) is 15.9. The number of carboxylic acids is 1. The number of carbonyl (C=O) groups is 2. The molecule has 1 aliphatic rings. The average molecular weight is 309 g/mol. The number of hydrogen-bond acceptors (Lipinski definition) is 4. The van der Waals surface area contributed by atoms with E-state index in [1.807, 2.05) is 6.92 Å². The van der Waals surface area contributed by atoms with Gasteiger partial charge in [-0.25, -0.2) is 4.79 Å². The molecule has 2 atom stereocenters. The average Bonchev–Trinajstić information content (AvgIpc) is 2.91. The van der Waals surface area contributed by atoms with Crippen molar-refractivity contribution < 1.29 is 19.8 Å². The van der Waals surface area contributed by atoms with Gasteiger partial charge >= 0.3 is 5.97 Å². The first-order valence-corrected chi connectivity index (χ1v) is 8.00. The standard InChI is InChI=1S/C15H19NO4S/c1-2-3-13-16(12(9-21-13)15(19)20)14(18)11-6-4-10(8-17)5-7-11/h4-7,12-13,17H,2-3,8-9H2,1H3,(H,19,20). The van der Waals surface area contributed by atoms with Gasteiger partial charge in [0.1, 0.15) is 6.04 Å². The summed E-state index contributed by atoms with van der Waals surface area (Å²) in [5.41, 5.74) is 1.18. The Labute approximate surface area is 128 Å². The quantitative estimate of drug-likeness (QED) is 0.869. The molecule has 6 heteroatoms. The first-order valence-electron chi connectivity index (χ1n) is 6.95. The van der Waals surface area contributed by atoms with Crippen molar-refractivity contribution in [2.24, 2.45) is 0 Å². The zero-order chi connectivity index (χ0) is 15.4. The van der Waals surface area contributed by atoms with E-state index in [0.717, 1.165) is 18.4 Å². The Kier molecular flexibility index (Phi) is 5.25. The fourth-order valence-electron chi connectivity index (χ4n) is 2.40. The van der Waals surface area contributed by atoms with Gasteiger partial charge in [-0.2, -0.15) is 0 Å². The highest BCUT2D eigenvalue weighted by Gasteiger charge is 2.41. The largest absolute Gasteiger partial charge is 0.480 e. The molecule has 0 spiro atoms. The van der Waals surface area contributed by atoms with Crippen LogP contribution in [-0.4, -0.2) is 44.2 Å². The summed E-state index contributed by atoms with van der Waals surface area (Å²) in [5, 5.41) is 18.3. The lowest BCUT2D eigenvalue weighted by molar-refractivity contribution is -0.141. The van der Waals surface area contributed by atoms with Gasteiger partial charge in [-0.1, -0.05) is 25.5 Å². The van der Waals surface area contributed by atoms with Crippen LogP contribution >= 0.6 is 11.8 Å². The van der Waals surface area contributed by atoms with Crippen LogP contribution < -0.4 is 0 Å². The van der Waals surface area contributed by atoms with Crippen LogP contribution in [-0.2, 0) is 11.4 Å². The Morgan fingerprint density at radius 2 is 2.00 bits per heavy atom. The summed E-state index contributed by atoms with van der Waals surface area (Å²) in [6, 6.07) is 5.87. The first-order chi connectivity index (χ1) is 10.1. The van der Waals surface area contributed by atoms with E-state index in [9.17, 15) is 14.7 Å². The molecule has 0 bridgehead atoms. The number of hydrogen-bond donors (Lipinski definition) is 2. The number of benzene rings is 1. The highest BCUT2D eigenvalue weighted by Crippen LogP contribution is 2.33. The van der Waals surface area contributed by atoms with Crippen LogP contribution in [0.3, 0.4) is 0 Å². The Morgan fingerprint density at radius 3 is 2.52 bits per heavy atom. The minimum absolute atomic E-state index is 0.0791. The number of carbonyl (C=O) groups excluding carboxylic acids is 1. The fourth-order valence-corrected chi connectivity index (χ4v) is 3.91. The van der Waals surface area contributed by atoms with Gasteiger partial charge in [0.15, 0.2) is 0 Å². The van der Waals surface area contributed by atoms with Crippen LogP contribution in [0.4, 0.5) is 0 Å². The summed E-state index contributed by atoms with van der Waals surface area (Å²) in [5.74, 6) is -0.780. The van der Waals surface area contributed by atoms with Gasteiger partial charge in [0, 0.05) is 11.3 Å². The van der Waals surface area contributed by atoms with Gasteiger partial charge in [-0.05, 0) is 24.1 Å². The molecule has 21 heavy (non-hydrogen) atoms. The normalized spacial score (nSPS) is 21.5. The molecule has 1 amide bonds. The van der Waals surface area contributed by atoms with E-state index in [2.05, 4.69) is 0 Å². The molecule has 1 aliphatic heterocycles. The number of nitrogens with zero attached hydrogens (tertiary/aromatic N) is 1. The number of carboxylic acid groups (broad SMARTS) is 1. The summed E-state index contributed by atoms with van der Waals surface area (Å²) < 4.78 is 0. The number of thioether (sulfide) groups is 1. The van der Waals surface area contributed by atoms with Crippen molar-refractivity contribution in [2.45, 2.75) is 37.8 Å². The third kappa shape index (κ3) is 3.39. The molecule has 0 aromatic heterocycles. The minimum Gasteiger partial charge on any atom is -0.480 e. The zero-order valence-corrected chi connectivity index (χ0v) is 12.7. The van der Waals surface area contributed by atoms with E-state index in [-0.39, 0.29) is 17.9 Å². The SMILES string of the molecule is CCCC1SCC(C(=O)O)N1C(=O)c1ccc(CO)cc1. The maximum Gasteiger partial charge on any atom is 0.327 e. The summed E-state index contributed by atoms with van der Waals surface area (Å²) in [6.45, 7) is 1.94. The van der Waals surface area contributed by atoms with E-state index < -0.39 is 12.0 Å². The summed E-state index contributed by atoms with van der Waals surface area (Å²) in [4.78, 5) is 25.5. The maximum absolute atomic E-state index is 12.6. The second-order valence-corrected chi connectivity index (χ2v) is 6.21. The number of aliphatic hydroxyl groups excluding tert-OH is 1. The molecule has 1 aromatic carbocycles. The van der Waals surface area contributed by atoms with Crippen LogP contribution in [0, 0.1) is 0 Å². The number of rotatable bonds is 5. The second kappa shape index (κ2) is 6.95. The second-order valence-electron chi connectivity index (χ2n) is 5.00. The number of amides is 1. The zero-order valence-electron chi connectivity index (χ0n) is 11.9. The highest BCUT2D eigenvalue weighted by atomic mass is 32.2. The monoisotopic (exact) mass is 309 g/mol. The molecule has 1 saturated heterocycles. The van der Waals surface area contributed by atoms with E-state index >= 15 is 0 Å². The molecule has 0 saturated carbocycles. The van der Waals surface area contributed by atoms with Gasteiger partial charge < -0.3 is 15.1 Å². The lowest BCUT2D eigenvalue weighted by Crippen LogP contribution is -2.45. The summed E-state index contributed by atoms with van der Waals surface area (Å²) in [6.07, 6.45) is 1.69. The Morgan fingerprint density at radius 1 is 1.33 bits per heavy atom. The van der Waals surface area contributed by atoms with Crippen LogP contribution in [0.1, 0.15) is 35.7 Å². The topological polar surface area (TPSA) is 77.8 Å². The van der Waals surface area contributed by atoms with Crippen LogP contribution in [0.5, 0.6) is 0 Å². The van der Waals surface area contributed by atoms with Crippen molar-refractivity contribution in [3.8, 4) is 0 Å². The summed E-state index contributed by atoms with van der Waals surface area (Å²) in [7, 11) is 0. The maximum atomic E-state index is 12.6. The molecule has 0 aliphatic carbocycles.